The number of hydrogen-bond donors (Lipinski definition) is 1. The van der Waals surface area contributed by atoms with Gasteiger partial charge in [-0.1, -0.05) is 17.7 Å². The molecule has 1 amide bonds. The molecule has 0 bridgehead atoms. The fourth-order valence-corrected chi connectivity index (χ4v) is 2.17. The topological polar surface area (TPSA) is 81.5 Å². The van der Waals surface area contributed by atoms with Gasteiger partial charge in [0.05, 0.1) is 15.6 Å². The first kappa shape index (κ1) is 17.7. The fourth-order valence-electron chi connectivity index (χ4n) is 2.00. The Bertz CT molecular complexity index is 792. The number of amides is 1. The maximum Gasteiger partial charge on any atom is 0.271 e. The molecule has 1 atom stereocenters. The van der Waals surface area contributed by atoms with Gasteiger partial charge in [-0.2, -0.15) is 0 Å². The van der Waals surface area contributed by atoms with Gasteiger partial charge in [0.2, 0.25) is 0 Å². The SMILES string of the molecule is Cc1ccc(OC(C)C(=O)Nc2cc([N+](=O)[O-])ccc2Cl)cc1C. The molecule has 126 valence electrons. The number of benzene rings is 2. The van der Waals surface area contributed by atoms with Crippen LogP contribution in [0.1, 0.15) is 18.1 Å². The van der Waals surface area contributed by atoms with Crippen molar-refractivity contribution in [2.45, 2.75) is 26.9 Å². The first-order valence-corrected chi connectivity index (χ1v) is 7.64. The Morgan fingerprint density at radius 3 is 2.54 bits per heavy atom. The third kappa shape index (κ3) is 4.23. The molecule has 0 heterocycles. The lowest BCUT2D eigenvalue weighted by atomic mass is 10.1. The Morgan fingerprint density at radius 1 is 1.21 bits per heavy atom. The highest BCUT2D eigenvalue weighted by atomic mass is 35.5. The zero-order valence-electron chi connectivity index (χ0n) is 13.5. The Hall–Kier alpha value is -2.60. The molecular formula is C17H17ClN2O4. The number of nitro groups is 1. The maximum atomic E-state index is 12.2. The third-order valence-electron chi connectivity index (χ3n) is 3.58. The molecule has 0 fully saturated rings. The van der Waals surface area contributed by atoms with Gasteiger partial charge >= 0.3 is 0 Å². The summed E-state index contributed by atoms with van der Waals surface area (Å²) in [5.41, 5.74) is 2.20. The van der Waals surface area contributed by atoms with Gasteiger partial charge in [0.25, 0.3) is 11.6 Å². The van der Waals surface area contributed by atoms with Crippen LogP contribution in [0.3, 0.4) is 0 Å². The highest BCUT2D eigenvalue weighted by molar-refractivity contribution is 6.33. The van der Waals surface area contributed by atoms with Crippen LogP contribution >= 0.6 is 11.6 Å². The summed E-state index contributed by atoms with van der Waals surface area (Å²) in [6.07, 6.45) is -0.789. The summed E-state index contributed by atoms with van der Waals surface area (Å²) in [7, 11) is 0. The van der Waals surface area contributed by atoms with Gasteiger partial charge in [0.15, 0.2) is 6.10 Å². The van der Waals surface area contributed by atoms with Crippen LogP contribution in [-0.2, 0) is 4.79 Å². The van der Waals surface area contributed by atoms with Gasteiger partial charge in [-0.15, -0.1) is 0 Å². The number of hydrogen-bond acceptors (Lipinski definition) is 4. The number of carbonyl (C=O) groups excluding carboxylic acids is 1. The molecule has 7 heteroatoms. The van der Waals surface area contributed by atoms with Crippen molar-refractivity contribution < 1.29 is 14.5 Å². The predicted octanol–water partition coefficient (Wildman–Crippen LogP) is 4.27. The number of aryl methyl sites for hydroxylation is 2. The Kier molecular flexibility index (Phi) is 5.41. The molecule has 0 saturated heterocycles. The number of rotatable bonds is 5. The average Bonchev–Trinajstić information content (AvgIpc) is 2.52. The smallest absolute Gasteiger partial charge is 0.271 e. The molecule has 2 aromatic rings. The summed E-state index contributed by atoms with van der Waals surface area (Å²) in [5, 5.41) is 13.6. The minimum absolute atomic E-state index is 0.155. The Morgan fingerprint density at radius 2 is 1.92 bits per heavy atom. The van der Waals surface area contributed by atoms with E-state index in [0.717, 1.165) is 11.1 Å². The Labute approximate surface area is 144 Å². The van der Waals surface area contributed by atoms with Crippen molar-refractivity contribution in [3.05, 3.63) is 62.7 Å². The van der Waals surface area contributed by atoms with Crippen LogP contribution in [0.15, 0.2) is 36.4 Å². The van der Waals surface area contributed by atoms with Crippen molar-refractivity contribution in [3.8, 4) is 5.75 Å². The van der Waals surface area contributed by atoms with Gasteiger partial charge in [0.1, 0.15) is 5.75 Å². The van der Waals surface area contributed by atoms with Crippen molar-refractivity contribution >= 4 is 28.9 Å². The van der Waals surface area contributed by atoms with Crippen molar-refractivity contribution in [1.82, 2.24) is 0 Å². The van der Waals surface area contributed by atoms with Gasteiger partial charge in [0, 0.05) is 12.1 Å². The molecule has 0 aliphatic heterocycles. The minimum atomic E-state index is -0.789. The van der Waals surface area contributed by atoms with Crippen molar-refractivity contribution in [1.29, 1.82) is 0 Å². The van der Waals surface area contributed by atoms with Crippen molar-refractivity contribution in [3.63, 3.8) is 0 Å². The standard InChI is InChI=1S/C17H17ClN2O4/c1-10-4-6-14(8-11(10)2)24-12(3)17(21)19-16-9-13(20(22)23)5-7-15(16)18/h4-9,12H,1-3H3,(H,19,21). The molecule has 0 aliphatic carbocycles. The van der Waals surface area contributed by atoms with E-state index in [1.807, 2.05) is 26.0 Å². The van der Waals surface area contributed by atoms with Crippen LogP contribution in [0.4, 0.5) is 11.4 Å². The average molecular weight is 349 g/mol. The van der Waals surface area contributed by atoms with Crippen LogP contribution in [0.25, 0.3) is 0 Å². The van der Waals surface area contributed by atoms with E-state index in [2.05, 4.69) is 5.32 Å². The highest BCUT2D eigenvalue weighted by Gasteiger charge is 2.18. The van der Waals surface area contributed by atoms with Crippen molar-refractivity contribution in [2.24, 2.45) is 0 Å². The zero-order valence-corrected chi connectivity index (χ0v) is 14.3. The van der Waals surface area contributed by atoms with Gasteiger partial charge < -0.3 is 10.1 Å². The number of halogens is 1. The van der Waals surface area contributed by atoms with Gasteiger partial charge in [-0.3, -0.25) is 14.9 Å². The normalized spacial score (nSPS) is 11.7. The molecule has 1 N–H and O–H groups in total. The largest absolute Gasteiger partial charge is 0.481 e. The molecule has 6 nitrogen and oxygen atoms in total. The molecule has 0 radical (unpaired) electrons. The number of nitrogens with one attached hydrogen (secondary N) is 1. The summed E-state index contributed by atoms with van der Waals surface area (Å²) >= 11 is 5.97. The minimum Gasteiger partial charge on any atom is -0.481 e. The summed E-state index contributed by atoms with van der Waals surface area (Å²) in [6, 6.07) is 9.39. The predicted molar refractivity (Wildman–Crippen MR) is 92.7 cm³/mol. The van der Waals surface area contributed by atoms with Crippen LogP contribution in [-0.4, -0.2) is 16.9 Å². The van der Waals surface area contributed by atoms with Crippen LogP contribution < -0.4 is 10.1 Å². The fraction of sp³-hybridized carbons (Fsp3) is 0.235. The van der Waals surface area contributed by atoms with E-state index in [4.69, 9.17) is 16.3 Å². The highest BCUT2D eigenvalue weighted by Crippen LogP contribution is 2.27. The Balaban J connectivity index is 2.10. The van der Waals surface area contributed by atoms with Crippen LogP contribution in [0.2, 0.25) is 5.02 Å². The third-order valence-corrected chi connectivity index (χ3v) is 3.91. The number of non-ortho nitro benzene ring substituents is 1. The molecule has 2 aromatic carbocycles. The molecule has 2 rings (SSSR count). The lowest BCUT2D eigenvalue weighted by molar-refractivity contribution is -0.384. The lowest BCUT2D eigenvalue weighted by Crippen LogP contribution is -2.30. The first-order chi connectivity index (χ1) is 11.3. The molecule has 0 saturated carbocycles. The number of nitro benzene ring substituents is 1. The molecule has 1 unspecified atom stereocenters. The molecule has 0 aromatic heterocycles. The molecule has 0 spiro atoms. The summed E-state index contributed by atoms with van der Waals surface area (Å²) < 4.78 is 5.61. The molecule has 0 aliphatic rings. The van der Waals surface area contributed by atoms with E-state index in [1.165, 1.54) is 18.2 Å². The molecule has 24 heavy (non-hydrogen) atoms. The van der Waals surface area contributed by atoms with E-state index in [0.29, 0.717) is 5.75 Å². The van der Waals surface area contributed by atoms with E-state index in [-0.39, 0.29) is 16.4 Å². The second-order valence-electron chi connectivity index (χ2n) is 5.42. The van der Waals surface area contributed by atoms with E-state index >= 15 is 0 Å². The summed E-state index contributed by atoms with van der Waals surface area (Å²) in [6.45, 7) is 5.53. The van der Waals surface area contributed by atoms with Gasteiger partial charge in [-0.05, 0) is 50.1 Å². The number of ether oxygens (including phenoxy) is 1. The van der Waals surface area contributed by atoms with E-state index < -0.39 is 16.9 Å². The quantitative estimate of drug-likeness (QED) is 0.646. The van der Waals surface area contributed by atoms with Gasteiger partial charge in [-0.25, -0.2) is 0 Å². The van der Waals surface area contributed by atoms with Crippen LogP contribution in [0.5, 0.6) is 5.75 Å². The summed E-state index contributed by atoms with van der Waals surface area (Å²) in [4.78, 5) is 22.5. The monoisotopic (exact) mass is 348 g/mol. The molecular weight excluding hydrogens is 332 g/mol. The first-order valence-electron chi connectivity index (χ1n) is 7.26. The summed E-state index contributed by atoms with van der Waals surface area (Å²) in [5.74, 6) is 0.126. The van der Waals surface area contributed by atoms with E-state index in [1.54, 1.807) is 13.0 Å². The van der Waals surface area contributed by atoms with Crippen molar-refractivity contribution in [2.75, 3.05) is 5.32 Å². The second kappa shape index (κ2) is 7.31. The lowest BCUT2D eigenvalue weighted by Gasteiger charge is -2.16. The second-order valence-corrected chi connectivity index (χ2v) is 5.82. The number of nitrogens with zero attached hydrogens (tertiary/aromatic N) is 1. The van der Waals surface area contributed by atoms with E-state index in [9.17, 15) is 14.9 Å². The number of carbonyl (C=O) groups is 1. The van der Waals surface area contributed by atoms with Crippen LogP contribution in [0, 0.1) is 24.0 Å². The maximum absolute atomic E-state index is 12.2. The number of anilines is 1. The zero-order chi connectivity index (χ0) is 17.9.